The van der Waals surface area contributed by atoms with Gasteiger partial charge in [0.1, 0.15) is 11.8 Å². The average molecular weight is 519 g/mol. The fourth-order valence-electron chi connectivity index (χ4n) is 4.84. The Morgan fingerprint density at radius 1 is 0.973 bits per heavy atom. The number of rotatable bonds is 10. The fourth-order valence-corrected chi connectivity index (χ4v) is 5.05. The van der Waals surface area contributed by atoms with Crippen molar-refractivity contribution in [1.29, 1.82) is 0 Å². The molecule has 1 aliphatic rings. The first kappa shape index (κ1) is 26.7. The SMILES string of the molecule is Cc1ccc(C)c(OCC(=O)N(Cc2cccc(Cl)c2)[C@@H](Cc2ccccc2)C(=O)NC2CCCC2)c1. The van der Waals surface area contributed by atoms with Gasteiger partial charge in [-0.25, -0.2) is 0 Å². The number of halogens is 1. The molecule has 0 bridgehead atoms. The summed E-state index contributed by atoms with van der Waals surface area (Å²) in [6, 6.07) is 22.6. The minimum atomic E-state index is -0.684. The molecule has 37 heavy (non-hydrogen) atoms. The number of amides is 2. The highest BCUT2D eigenvalue weighted by atomic mass is 35.5. The van der Waals surface area contributed by atoms with E-state index in [9.17, 15) is 9.59 Å². The van der Waals surface area contributed by atoms with E-state index in [1.54, 1.807) is 11.0 Å². The normalized spacial score (nSPS) is 14.2. The molecular weight excluding hydrogens is 484 g/mol. The number of hydrogen-bond donors (Lipinski definition) is 1. The van der Waals surface area contributed by atoms with Gasteiger partial charge in [-0.1, -0.05) is 79.0 Å². The van der Waals surface area contributed by atoms with Crippen molar-refractivity contribution in [2.45, 2.75) is 64.6 Å². The highest BCUT2D eigenvalue weighted by Gasteiger charge is 2.32. The van der Waals surface area contributed by atoms with Gasteiger partial charge < -0.3 is 15.0 Å². The summed E-state index contributed by atoms with van der Waals surface area (Å²) in [5.74, 6) is 0.298. The second-order valence-electron chi connectivity index (χ2n) is 9.90. The van der Waals surface area contributed by atoms with E-state index < -0.39 is 6.04 Å². The maximum absolute atomic E-state index is 13.8. The molecule has 6 heteroatoms. The van der Waals surface area contributed by atoms with E-state index in [1.807, 2.05) is 80.6 Å². The zero-order valence-electron chi connectivity index (χ0n) is 21.6. The number of hydrogen-bond acceptors (Lipinski definition) is 3. The van der Waals surface area contributed by atoms with Crippen molar-refractivity contribution in [3.8, 4) is 5.75 Å². The van der Waals surface area contributed by atoms with E-state index in [0.29, 0.717) is 17.2 Å². The van der Waals surface area contributed by atoms with E-state index in [-0.39, 0.29) is 31.0 Å². The zero-order valence-corrected chi connectivity index (χ0v) is 22.3. The van der Waals surface area contributed by atoms with Crippen LogP contribution in [0, 0.1) is 13.8 Å². The van der Waals surface area contributed by atoms with Gasteiger partial charge in [0.25, 0.3) is 5.91 Å². The number of carbonyl (C=O) groups excluding carboxylic acids is 2. The van der Waals surface area contributed by atoms with Crippen LogP contribution in [0.3, 0.4) is 0 Å². The largest absolute Gasteiger partial charge is 0.483 e. The van der Waals surface area contributed by atoms with Gasteiger partial charge >= 0.3 is 0 Å². The van der Waals surface area contributed by atoms with E-state index in [2.05, 4.69) is 5.32 Å². The summed E-state index contributed by atoms with van der Waals surface area (Å²) in [6.45, 7) is 4.04. The first-order valence-electron chi connectivity index (χ1n) is 13.0. The first-order chi connectivity index (χ1) is 17.9. The van der Waals surface area contributed by atoms with Gasteiger partial charge in [0.15, 0.2) is 6.61 Å². The lowest BCUT2D eigenvalue weighted by atomic mass is 10.0. The quantitative estimate of drug-likeness (QED) is 0.356. The van der Waals surface area contributed by atoms with Crippen molar-refractivity contribution in [1.82, 2.24) is 10.2 Å². The molecule has 0 heterocycles. The lowest BCUT2D eigenvalue weighted by molar-refractivity contribution is -0.143. The van der Waals surface area contributed by atoms with Crippen molar-refractivity contribution in [3.63, 3.8) is 0 Å². The Labute approximate surface area is 224 Å². The molecule has 0 unspecified atom stereocenters. The Balaban J connectivity index is 1.62. The highest BCUT2D eigenvalue weighted by molar-refractivity contribution is 6.30. The van der Waals surface area contributed by atoms with Crippen molar-refractivity contribution in [2.75, 3.05) is 6.61 Å². The Morgan fingerprint density at radius 3 is 2.43 bits per heavy atom. The van der Waals surface area contributed by atoms with Gasteiger partial charge in [-0.05, 0) is 67.1 Å². The van der Waals surface area contributed by atoms with Crippen molar-refractivity contribution < 1.29 is 14.3 Å². The molecule has 2 amide bonds. The van der Waals surface area contributed by atoms with Gasteiger partial charge in [0.2, 0.25) is 5.91 Å². The van der Waals surface area contributed by atoms with Crippen molar-refractivity contribution in [3.05, 3.63) is 100 Å². The molecule has 0 saturated heterocycles. The van der Waals surface area contributed by atoms with Crippen LogP contribution in [0.25, 0.3) is 0 Å². The van der Waals surface area contributed by atoms with E-state index in [4.69, 9.17) is 16.3 Å². The van der Waals surface area contributed by atoms with Crippen LogP contribution in [0.1, 0.15) is 47.9 Å². The molecule has 1 atom stereocenters. The number of benzene rings is 3. The third-order valence-corrected chi connectivity index (χ3v) is 7.14. The summed E-state index contributed by atoms with van der Waals surface area (Å²) in [5.41, 5.74) is 3.87. The van der Waals surface area contributed by atoms with E-state index in [1.165, 1.54) is 0 Å². The molecule has 0 aromatic heterocycles. The number of ether oxygens (including phenoxy) is 1. The van der Waals surface area contributed by atoms with Gasteiger partial charge in [-0.15, -0.1) is 0 Å². The number of nitrogens with one attached hydrogen (secondary N) is 1. The summed E-state index contributed by atoms with van der Waals surface area (Å²) in [5, 5.41) is 3.81. The van der Waals surface area contributed by atoms with Crippen LogP contribution in [0.4, 0.5) is 0 Å². The summed E-state index contributed by atoms with van der Waals surface area (Å²) in [7, 11) is 0. The standard InChI is InChI=1S/C31H35ClN2O3/c1-22-15-16-23(2)29(17-22)37-21-30(35)34(20-25-11-8-12-26(32)18-25)28(19-24-9-4-3-5-10-24)31(36)33-27-13-6-7-14-27/h3-5,8-12,15-18,27-28H,6-7,13-14,19-21H2,1-2H3,(H,33,36)/t28-/m0/s1. The monoisotopic (exact) mass is 518 g/mol. The highest BCUT2D eigenvalue weighted by Crippen LogP contribution is 2.22. The molecule has 0 aliphatic heterocycles. The number of carbonyl (C=O) groups is 2. The number of nitrogens with zero attached hydrogens (tertiary/aromatic N) is 1. The summed E-state index contributed by atoms with van der Waals surface area (Å²) in [6.07, 6.45) is 4.59. The Hall–Kier alpha value is -3.31. The maximum atomic E-state index is 13.8. The van der Waals surface area contributed by atoms with Crippen LogP contribution in [0.2, 0.25) is 5.02 Å². The third-order valence-electron chi connectivity index (χ3n) is 6.91. The van der Waals surface area contributed by atoms with Crippen LogP contribution < -0.4 is 10.1 Å². The zero-order chi connectivity index (χ0) is 26.2. The van der Waals surface area contributed by atoms with Gasteiger partial charge in [0, 0.05) is 24.0 Å². The third kappa shape index (κ3) is 7.59. The van der Waals surface area contributed by atoms with E-state index in [0.717, 1.165) is 47.9 Å². The molecule has 4 rings (SSSR count). The maximum Gasteiger partial charge on any atom is 0.261 e. The molecule has 1 N–H and O–H groups in total. The molecule has 0 spiro atoms. The molecule has 5 nitrogen and oxygen atoms in total. The topological polar surface area (TPSA) is 58.6 Å². The predicted molar refractivity (Wildman–Crippen MR) is 148 cm³/mol. The first-order valence-corrected chi connectivity index (χ1v) is 13.3. The number of aryl methyl sites for hydroxylation is 2. The molecular formula is C31H35ClN2O3. The molecule has 1 fully saturated rings. The lowest BCUT2D eigenvalue weighted by Gasteiger charge is -2.32. The van der Waals surface area contributed by atoms with E-state index >= 15 is 0 Å². The van der Waals surface area contributed by atoms with Crippen LogP contribution in [0.15, 0.2) is 72.8 Å². The summed E-state index contributed by atoms with van der Waals surface area (Å²) < 4.78 is 5.99. The van der Waals surface area contributed by atoms with Crippen molar-refractivity contribution in [2.24, 2.45) is 0 Å². The molecule has 0 radical (unpaired) electrons. The van der Waals surface area contributed by atoms with Gasteiger partial charge in [-0.2, -0.15) is 0 Å². The fraction of sp³-hybridized carbons (Fsp3) is 0.355. The minimum Gasteiger partial charge on any atom is -0.483 e. The van der Waals surface area contributed by atoms with Crippen LogP contribution >= 0.6 is 11.6 Å². The summed E-state index contributed by atoms with van der Waals surface area (Å²) in [4.78, 5) is 29.1. The molecule has 3 aromatic carbocycles. The van der Waals surface area contributed by atoms with Crippen LogP contribution in [0.5, 0.6) is 5.75 Å². The smallest absolute Gasteiger partial charge is 0.261 e. The molecule has 1 saturated carbocycles. The van der Waals surface area contributed by atoms with Crippen molar-refractivity contribution >= 4 is 23.4 Å². The van der Waals surface area contributed by atoms with Crippen LogP contribution in [-0.2, 0) is 22.6 Å². The van der Waals surface area contributed by atoms with Gasteiger partial charge in [-0.3, -0.25) is 9.59 Å². The molecule has 194 valence electrons. The van der Waals surface area contributed by atoms with Crippen LogP contribution in [-0.4, -0.2) is 35.4 Å². The molecule has 3 aromatic rings. The second-order valence-corrected chi connectivity index (χ2v) is 10.3. The summed E-state index contributed by atoms with van der Waals surface area (Å²) >= 11 is 6.26. The Kier molecular flexibility index (Phi) is 9.24. The Morgan fingerprint density at radius 2 is 1.70 bits per heavy atom. The molecule has 1 aliphatic carbocycles. The Bertz CT molecular complexity index is 1210. The van der Waals surface area contributed by atoms with Gasteiger partial charge in [0.05, 0.1) is 0 Å². The second kappa shape index (κ2) is 12.8. The predicted octanol–water partition coefficient (Wildman–Crippen LogP) is 6.03. The average Bonchev–Trinajstić information content (AvgIpc) is 3.40. The lowest BCUT2D eigenvalue weighted by Crippen LogP contribution is -2.53. The minimum absolute atomic E-state index is 0.127.